The highest BCUT2D eigenvalue weighted by atomic mass is 16.5. The zero-order valence-corrected chi connectivity index (χ0v) is 12.3. The van der Waals surface area contributed by atoms with E-state index in [1.54, 1.807) is 0 Å². The van der Waals surface area contributed by atoms with E-state index in [4.69, 9.17) is 5.73 Å². The molecule has 0 aliphatic rings. The minimum absolute atomic E-state index is 0.0174. The number of Topliss-reactive ketones (excluding diaryl/α,β-unsaturated/α-hetero) is 1. The molecule has 2 aromatic rings. The summed E-state index contributed by atoms with van der Waals surface area (Å²) < 4.78 is 4.55. The zero-order valence-electron chi connectivity index (χ0n) is 12.3. The largest absolute Gasteiger partial charge is 0.508 e. The van der Waals surface area contributed by atoms with Gasteiger partial charge in [-0.25, -0.2) is 4.79 Å². The second kappa shape index (κ2) is 5.84. The van der Waals surface area contributed by atoms with Gasteiger partial charge in [0, 0.05) is 17.8 Å². The molecule has 0 spiro atoms. The molecule has 8 nitrogen and oxygen atoms in total. The molecule has 1 heterocycles. The molecule has 120 valence electrons. The van der Waals surface area contributed by atoms with Gasteiger partial charge in [-0.2, -0.15) is 0 Å². The standard InChI is InChI=1S/C15H14N2O6/c1-6(17-9-3-8(16)4-10(19)5-9)11-13(20)12(7(2)18)15(22)23-14(11)21/h3-5,19-20,22H,16H2,1-2H3. The summed E-state index contributed by atoms with van der Waals surface area (Å²) in [7, 11) is 0. The van der Waals surface area contributed by atoms with E-state index in [1.165, 1.54) is 25.1 Å². The maximum absolute atomic E-state index is 11.8. The Kier molecular flexibility index (Phi) is 4.08. The van der Waals surface area contributed by atoms with Crippen molar-refractivity contribution in [2.75, 3.05) is 5.73 Å². The molecule has 5 N–H and O–H groups in total. The van der Waals surface area contributed by atoms with Gasteiger partial charge in [0.05, 0.1) is 11.4 Å². The number of hydrogen-bond donors (Lipinski definition) is 4. The molecule has 1 aromatic heterocycles. The predicted molar refractivity (Wildman–Crippen MR) is 82.7 cm³/mol. The van der Waals surface area contributed by atoms with Crippen LogP contribution >= 0.6 is 0 Å². The number of benzene rings is 1. The molecule has 1 aromatic carbocycles. The molecular weight excluding hydrogens is 304 g/mol. The van der Waals surface area contributed by atoms with Gasteiger partial charge in [-0.3, -0.25) is 9.79 Å². The van der Waals surface area contributed by atoms with Crippen LogP contribution in [0.2, 0.25) is 0 Å². The molecule has 0 unspecified atom stereocenters. The minimum Gasteiger partial charge on any atom is -0.508 e. The molecule has 0 aliphatic heterocycles. The third kappa shape index (κ3) is 3.15. The van der Waals surface area contributed by atoms with E-state index in [0.717, 1.165) is 6.92 Å². The first-order chi connectivity index (χ1) is 10.7. The number of carbonyl (C=O) groups excluding carboxylic acids is 1. The first-order valence-electron chi connectivity index (χ1n) is 6.46. The lowest BCUT2D eigenvalue weighted by Crippen LogP contribution is -2.15. The van der Waals surface area contributed by atoms with E-state index in [2.05, 4.69) is 9.41 Å². The maximum Gasteiger partial charge on any atom is 0.351 e. The molecule has 0 saturated carbocycles. The van der Waals surface area contributed by atoms with Gasteiger partial charge in [0.15, 0.2) is 5.78 Å². The number of hydrogen-bond acceptors (Lipinski definition) is 8. The van der Waals surface area contributed by atoms with Gasteiger partial charge in [-0.05, 0) is 19.9 Å². The maximum atomic E-state index is 11.8. The third-order valence-electron chi connectivity index (χ3n) is 3.02. The van der Waals surface area contributed by atoms with Crippen molar-refractivity contribution >= 4 is 22.9 Å². The molecule has 0 atom stereocenters. The highest BCUT2D eigenvalue weighted by molar-refractivity contribution is 6.07. The summed E-state index contributed by atoms with van der Waals surface area (Å²) in [6.45, 7) is 2.49. The number of aromatic hydroxyl groups is 3. The van der Waals surface area contributed by atoms with Gasteiger partial charge >= 0.3 is 5.63 Å². The smallest absolute Gasteiger partial charge is 0.351 e. The number of phenolic OH excluding ortho intramolecular Hbond substituents is 1. The van der Waals surface area contributed by atoms with Crippen LogP contribution in [-0.4, -0.2) is 26.8 Å². The van der Waals surface area contributed by atoms with Crippen LogP contribution in [0.4, 0.5) is 11.4 Å². The van der Waals surface area contributed by atoms with E-state index in [-0.39, 0.29) is 28.4 Å². The number of nitrogen functional groups attached to an aromatic ring is 1. The molecule has 8 heteroatoms. The van der Waals surface area contributed by atoms with E-state index in [9.17, 15) is 24.9 Å². The number of anilines is 1. The Morgan fingerprint density at radius 3 is 2.35 bits per heavy atom. The fourth-order valence-electron chi connectivity index (χ4n) is 2.08. The number of carbonyl (C=O) groups is 1. The Labute approximate surface area is 130 Å². The van der Waals surface area contributed by atoms with Gasteiger partial charge < -0.3 is 25.5 Å². The Balaban J connectivity index is 2.66. The number of nitrogens with two attached hydrogens (primary N) is 1. The summed E-state index contributed by atoms with van der Waals surface area (Å²) in [5.41, 5.74) is 4.15. The summed E-state index contributed by atoms with van der Waals surface area (Å²) in [6, 6.07) is 4.05. The summed E-state index contributed by atoms with van der Waals surface area (Å²) in [5, 5.41) is 29.0. The second-order valence-corrected chi connectivity index (χ2v) is 4.83. The van der Waals surface area contributed by atoms with Crippen LogP contribution in [0.1, 0.15) is 29.8 Å². The lowest BCUT2D eigenvalue weighted by Gasteiger charge is -2.07. The van der Waals surface area contributed by atoms with E-state index in [1.807, 2.05) is 0 Å². The Hall–Kier alpha value is -3.29. The molecular formula is C15H14N2O6. The van der Waals surface area contributed by atoms with Gasteiger partial charge in [-0.1, -0.05) is 0 Å². The van der Waals surface area contributed by atoms with Gasteiger partial charge in [-0.15, -0.1) is 0 Å². The SMILES string of the molecule is CC(=O)c1c(O)oc(=O)c(C(C)=Nc2cc(N)cc(O)c2)c1O. The van der Waals surface area contributed by atoms with Crippen LogP contribution in [-0.2, 0) is 0 Å². The average molecular weight is 318 g/mol. The Morgan fingerprint density at radius 1 is 1.13 bits per heavy atom. The quantitative estimate of drug-likeness (QED) is 0.382. The number of nitrogens with zero attached hydrogens (tertiary/aromatic N) is 1. The van der Waals surface area contributed by atoms with Crippen LogP contribution in [0.25, 0.3) is 0 Å². The van der Waals surface area contributed by atoms with E-state index >= 15 is 0 Å². The lowest BCUT2D eigenvalue weighted by atomic mass is 10.1. The van der Waals surface area contributed by atoms with E-state index in [0.29, 0.717) is 0 Å². The van der Waals surface area contributed by atoms with Gasteiger partial charge in [0.1, 0.15) is 22.6 Å². The van der Waals surface area contributed by atoms with Crippen LogP contribution in [0, 0.1) is 0 Å². The van der Waals surface area contributed by atoms with Crippen LogP contribution in [0.15, 0.2) is 32.4 Å². The molecule has 0 amide bonds. The lowest BCUT2D eigenvalue weighted by molar-refractivity contribution is 0.100. The molecule has 2 rings (SSSR count). The Bertz CT molecular complexity index is 862. The minimum atomic E-state index is -1.06. The van der Waals surface area contributed by atoms with Crippen molar-refractivity contribution in [3.8, 4) is 17.4 Å². The topological polar surface area (TPSA) is 146 Å². The van der Waals surface area contributed by atoms with Crippen molar-refractivity contribution in [3.63, 3.8) is 0 Å². The molecule has 0 aliphatic carbocycles. The number of aliphatic imine (C=N–C) groups is 1. The fourth-order valence-corrected chi connectivity index (χ4v) is 2.08. The van der Waals surface area contributed by atoms with Crippen molar-refractivity contribution in [2.45, 2.75) is 13.8 Å². The fraction of sp³-hybridized carbons (Fsp3) is 0.133. The molecule has 0 bridgehead atoms. The first kappa shape index (κ1) is 16.1. The van der Waals surface area contributed by atoms with Crippen molar-refractivity contribution < 1.29 is 24.5 Å². The Morgan fingerprint density at radius 2 is 1.78 bits per heavy atom. The zero-order chi connectivity index (χ0) is 17.3. The average Bonchev–Trinajstić information content (AvgIpc) is 2.35. The first-order valence-corrected chi connectivity index (χ1v) is 6.46. The highest BCUT2D eigenvalue weighted by Crippen LogP contribution is 2.30. The van der Waals surface area contributed by atoms with Crippen molar-refractivity contribution in [1.82, 2.24) is 0 Å². The summed E-state index contributed by atoms with van der Waals surface area (Å²) >= 11 is 0. The number of rotatable bonds is 3. The summed E-state index contributed by atoms with van der Waals surface area (Å²) in [6.07, 6.45) is 0. The van der Waals surface area contributed by atoms with Crippen LogP contribution < -0.4 is 11.4 Å². The van der Waals surface area contributed by atoms with Gasteiger partial charge in [0.25, 0.3) is 5.95 Å². The van der Waals surface area contributed by atoms with Crippen molar-refractivity contribution in [3.05, 3.63) is 39.7 Å². The van der Waals surface area contributed by atoms with Crippen molar-refractivity contribution in [1.29, 1.82) is 0 Å². The number of ketones is 1. The van der Waals surface area contributed by atoms with Crippen molar-refractivity contribution in [2.24, 2.45) is 4.99 Å². The van der Waals surface area contributed by atoms with Crippen LogP contribution in [0.5, 0.6) is 17.4 Å². The summed E-state index contributed by atoms with van der Waals surface area (Å²) in [5.74, 6) is -2.49. The third-order valence-corrected chi connectivity index (χ3v) is 3.02. The molecule has 23 heavy (non-hydrogen) atoms. The normalized spacial score (nSPS) is 11.5. The molecule has 0 radical (unpaired) electrons. The summed E-state index contributed by atoms with van der Waals surface area (Å²) in [4.78, 5) is 27.4. The van der Waals surface area contributed by atoms with Crippen LogP contribution in [0.3, 0.4) is 0 Å². The van der Waals surface area contributed by atoms with E-state index < -0.39 is 28.7 Å². The molecule has 0 saturated heterocycles. The predicted octanol–water partition coefficient (Wildman–Crippen LogP) is 1.68. The monoisotopic (exact) mass is 318 g/mol. The number of phenols is 1. The molecule has 0 fully saturated rings. The second-order valence-electron chi connectivity index (χ2n) is 4.83. The van der Waals surface area contributed by atoms with Gasteiger partial charge in [0.2, 0.25) is 0 Å². The highest BCUT2D eigenvalue weighted by Gasteiger charge is 2.23.